The number of benzene rings is 3. The molecule has 0 radical (unpaired) electrons. The van der Waals surface area contributed by atoms with E-state index >= 15 is 0 Å². The topological polar surface area (TPSA) is 0 Å². The molecule has 0 aliphatic heterocycles. The van der Waals surface area contributed by atoms with Crippen LogP contribution in [0, 0.1) is 13.8 Å². The highest BCUT2D eigenvalue weighted by atomic mass is 14.0. The highest BCUT2D eigenvalue weighted by Gasteiger charge is 2.00. The summed E-state index contributed by atoms with van der Waals surface area (Å²) in [5, 5.41) is 0. The van der Waals surface area contributed by atoms with E-state index in [1.165, 1.54) is 33.4 Å². The Bertz CT molecular complexity index is 685. The monoisotopic (exact) mass is 286 g/mol. The Labute approximate surface area is 133 Å². The van der Waals surface area contributed by atoms with Crippen molar-refractivity contribution >= 4 is 0 Å². The van der Waals surface area contributed by atoms with Crippen molar-refractivity contribution in [1.29, 1.82) is 0 Å². The van der Waals surface area contributed by atoms with Crippen LogP contribution in [0.15, 0.2) is 72.8 Å². The third-order valence-electron chi connectivity index (χ3n) is 4.00. The second kappa shape index (κ2) is 6.62. The lowest BCUT2D eigenvalue weighted by Gasteiger charge is -2.06. The molecule has 0 aliphatic rings. The Balaban J connectivity index is 1.70. The van der Waals surface area contributed by atoms with Gasteiger partial charge >= 0.3 is 0 Å². The van der Waals surface area contributed by atoms with E-state index in [4.69, 9.17) is 0 Å². The minimum absolute atomic E-state index is 1.01. The Morgan fingerprint density at radius 1 is 0.500 bits per heavy atom. The van der Waals surface area contributed by atoms with Crippen LogP contribution in [0.4, 0.5) is 0 Å². The fourth-order valence-corrected chi connectivity index (χ4v) is 2.89. The van der Waals surface area contributed by atoms with Crippen molar-refractivity contribution in [2.24, 2.45) is 0 Å². The highest BCUT2D eigenvalue weighted by molar-refractivity contribution is 5.33. The molecule has 0 bridgehead atoms. The molecule has 0 heterocycles. The SMILES string of the molecule is Cc1cccc(Cc2ccc(Cc3cccc(C)c3)cc2)c1. The average molecular weight is 286 g/mol. The van der Waals surface area contributed by atoms with Crippen LogP contribution in [0.2, 0.25) is 0 Å². The van der Waals surface area contributed by atoms with Gasteiger partial charge in [0.2, 0.25) is 0 Å². The second-order valence-electron chi connectivity index (χ2n) is 6.15. The maximum absolute atomic E-state index is 2.26. The molecule has 0 heteroatoms. The summed E-state index contributed by atoms with van der Waals surface area (Å²) in [7, 11) is 0. The Kier molecular flexibility index (Phi) is 4.39. The van der Waals surface area contributed by atoms with E-state index in [2.05, 4.69) is 86.6 Å². The van der Waals surface area contributed by atoms with E-state index in [1.54, 1.807) is 0 Å². The third-order valence-corrected chi connectivity index (χ3v) is 4.00. The molecule has 0 atom stereocenters. The molecule has 3 aromatic rings. The highest BCUT2D eigenvalue weighted by Crippen LogP contribution is 2.15. The van der Waals surface area contributed by atoms with Crippen molar-refractivity contribution in [3.63, 3.8) is 0 Å². The molecular weight excluding hydrogens is 264 g/mol. The first-order valence-corrected chi connectivity index (χ1v) is 7.88. The third kappa shape index (κ3) is 3.85. The van der Waals surface area contributed by atoms with Gasteiger partial charge in [0.15, 0.2) is 0 Å². The summed E-state index contributed by atoms with van der Waals surface area (Å²) in [6.45, 7) is 4.29. The van der Waals surface area contributed by atoms with Crippen LogP contribution in [-0.4, -0.2) is 0 Å². The fourth-order valence-electron chi connectivity index (χ4n) is 2.89. The van der Waals surface area contributed by atoms with Crippen molar-refractivity contribution in [2.75, 3.05) is 0 Å². The van der Waals surface area contributed by atoms with Gasteiger partial charge in [-0.1, -0.05) is 83.9 Å². The van der Waals surface area contributed by atoms with Crippen LogP contribution in [0.1, 0.15) is 33.4 Å². The van der Waals surface area contributed by atoms with Gasteiger partial charge in [0.25, 0.3) is 0 Å². The standard InChI is InChI=1S/C22H22/c1-17-5-3-7-21(13-17)15-19-9-11-20(12-10-19)16-22-8-4-6-18(2)14-22/h3-14H,15-16H2,1-2H3. The summed E-state index contributed by atoms with van der Waals surface area (Å²) in [5.74, 6) is 0. The molecule has 3 rings (SSSR count). The summed E-state index contributed by atoms with van der Waals surface area (Å²) in [5.41, 5.74) is 8.16. The molecule has 0 aliphatic carbocycles. The van der Waals surface area contributed by atoms with Crippen LogP contribution in [0.5, 0.6) is 0 Å². The van der Waals surface area contributed by atoms with Crippen molar-refractivity contribution in [3.05, 3.63) is 106 Å². The predicted molar refractivity (Wildman–Crippen MR) is 94.4 cm³/mol. The number of aryl methyl sites for hydroxylation is 2. The fraction of sp³-hybridized carbons (Fsp3) is 0.182. The second-order valence-corrected chi connectivity index (χ2v) is 6.15. The molecule has 0 aromatic heterocycles. The molecule has 0 saturated carbocycles. The Morgan fingerprint density at radius 2 is 0.909 bits per heavy atom. The molecule has 0 amide bonds. The van der Waals surface area contributed by atoms with E-state index in [-0.39, 0.29) is 0 Å². The van der Waals surface area contributed by atoms with E-state index in [0.29, 0.717) is 0 Å². The van der Waals surface area contributed by atoms with Crippen LogP contribution in [0.25, 0.3) is 0 Å². The van der Waals surface area contributed by atoms with Crippen LogP contribution in [-0.2, 0) is 12.8 Å². The number of hydrogen-bond donors (Lipinski definition) is 0. The van der Waals surface area contributed by atoms with Gasteiger partial charge in [-0.25, -0.2) is 0 Å². The summed E-state index contributed by atoms with van der Waals surface area (Å²) < 4.78 is 0. The predicted octanol–water partition coefficient (Wildman–Crippen LogP) is 5.49. The maximum Gasteiger partial charge on any atom is -0.00257 e. The first kappa shape index (κ1) is 14.6. The zero-order valence-corrected chi connectivity index (χ0v) is 13.3. The van der Waals surface area contributed by atoms with Crippen molar-refractivity contribution in [2.45, 2.75) is 26.7 Å². The first-order valence-electron chi connectivity index (χ1n) is 7.88. The Hall–Kier alpha value is -2.34. The normalized spacial score (nSPS) is 10.6. The molecular formula is C22H22. The summed E-state index contributed by atoms with van der Waals surface area (Å²) in [6.07, 6.45) is 2.01. The largest absolute Gasteiger partial charge is 0.0617 e. The summed E-state index contributed by atoms with van der Waals surface area (Å²) in [6, 6.07) is 26.5. The minimum Gasteiger partial charge on any atom is -0.0617 e. The van der Waals surface area contributed by atoms with Gasteiger partial charge in [-0.15, -0.1) is 0 Å². The quantitative estimate of drug-likeness (QED) is 0.595. The Morgan fingerprint density at radius 3 is 1.27 bits per heavy atom. The zero-order chi connectivity index (χ0) is 15.4. The van der Waals surface area contributed by atoms with Gasteiger partial charge in [0, 0.05) is 0 Å². The number of hydrogen-bond acceptors (Lipinski definition) is 0. The molecule has 3 aromatic carbocycles. The van der Waals surface area contributed by atoms with E-state index in [0.717, 1.165) is 12.8 Å². The van der Waals surface area contributed by atoms with E-state index < -0.39 is 0 Å². The molecule has 0 nitrogen and oxygen atoms in total. The average Bonchev–Trinajstić information content (AvgIpc) is 2.49. The van der Waals surface area contributed by atoms with Crippen LogP contribution >= 0.6 is 0 Å². The van der Waals surface area contributed by atoms with Gasteiger partial charge < -0.3 is 0 Å². The molecule has 0 unspecified atom stereocenters. The van der Waals surface area contributed by atoms with Crippen molar-refractivity contribution < 1.29 is 0 Å². The summed E-state index contributed by atoms with van der Waals surface area (Å²) in [4.78, 5) is 0. The van der Waals surface area contributed by atoms with Crippen LogP contribution < -0.4 is 0 Å². The van der Waals surface area contributed by atoms with Crippen molar-refractivity contribution in [1.82, 2.24) is 0 Å². The molecule has 0 saturated heterocycles. The molecule has 22 heavy (non-hydrogen) atoms. The first-order chi connectivity index (χ1) is 10.7. The number of rotatable bonds is 4. The molecule has 110 valence electrons. The molecule has 0 spiro atoms. The van der Waals surface area contributed by atoms with E-state index in [9.17, 15) is 0 Å². The van der Waals surface area contributed by atoms with Gasteiger partial charge in [-0.05, 0) is 48.9 Å². The van der Waals surface area contributed by atoms with Crippen LogP contribution in [0.3, 0.4) is 0 Å². The van der Waals surface area contributed by atoms with Gasteiger partial charge in [0.05, 0.1) is 0 Å². The van der Waals surface area contributed by atoms with Gasteiger partial charge in [-0.3, -0.25) is 0 Å². The molecule has 0 N–H and O–H groups in total. The van der Waals surface area contributed by atoms with Gasteiger partial charge in [-0.2, -0.15) is 0 Å². The zero-order valence-electron chi connectivity index (χ0n) is 13.3. The lowest BCUT2D eigenvalue weighted by molar-refractivity contribution is 1.14. The molecule has 0 fully saturated rings. The lowest BCUT2D eigenvalue weighted by atomic mass is 9.99. The van der Waals surface area contributed by atoms with E-state index in [1.807, 2.05) is 0 Å². The van der Waals surface area contributed by atoms with Gasteiger partial charge in [0.1, 0.15) is 0 Å². The smallest absolute Gasteiger partial charge is 0.00257 e. The van der Waals surface area contributed by atoms with Crippen molar-refractivity contribution in [3.8, 4) is 0 Å². The summed E-state index contributed by atoms with van der Waals surface area (Å²) >= 11 is 0. The minimum atomic E-state index is 1.01. The maximum atomic E-state index is 2.26. The lowest BCUT2D eigenvalue weighted by Crippen LogP contribution is -1.92.